The maximum absolute atomic E-state index is 4.78. The van der Waals surface area contributed by atoms with Crippen molar-refractivity contribution in [3.63, 3.8) is 0 Å². The fourth-order valence-electron chi connectivity index (χ4n) is 3.88. The number of hydrogen-bond acceptors (Lipinski definition) is 4. The van der Waals surface area contributed by atoms with E-state index in [9.17, 15) is 0 Å². The van der Waals surface area contributed by atoms with Gasteiger partial charge in [-0.15, -0.1) is 24.0 Å². The first kappa shape index (κ1) is 23.2. The number of hydrogen-bond donors (Lipinski definition) is 2. The minimum atomic E-state index is 0. The number of nitrogens with zero attached hydrogens (tertiary/aromatic N) is 4. The highest BCUT2D eigenvalue weighted by Gasteiger charge is 2.12. The van der Waals surface area contributed by atoms with E-state index < -0.39 is 0 Å². The molecule has 1 aromatic rings. The molecule has 2 saturated heterocycles. The molecule has 0 radical (unpaired) electrons. The standard InChI is InChI=1S/C21H36N6.HI/c1-2-22-21(24-11-16-26-12-5-3-6-13-26)25-18-19-9-10-23-20(17-19)27-14-7-4-8-15-27;/h9-10,17H,2-8,11-16,18H2,1H3,(H2,22,24,25);1H. The third-order valence-corrected chi connectivity index (χ3v) is 5.42. The Hall–Kier alpha value is -1.09. The monoisotopic (exact) mass is 500 g/mol. The quantitative estimate of drug-likeness (QED) is 0.342. The van der Waals surface area contributed by atoms with Gasteiger partial charge in [0.2, 0.25) is 0 Å². The van der Waals surface area contributed by atoms with Crippen LogP contribution in [0.4, 0.5) is 5.82 Å². The Morgan fingerprint density at radius 3 is 2.46 bits per heavy atom. The SMILES string of the molecule is CCNC(=NCc1ccnc(N2CCCCC2)c1)NCCN1CCCCC1.I. The number of anilines is 1. The molecular formula is C21H37IN6. The van der Waals surface area contributed by atoms with Crippen molar-refractivity contribution in [2.75, 3.05) is 50.7 Å². The van der Waals surface area contributed by atoms with Gasteiger partial charge in [0.05, 0.1) is 6.54 Å². The molecule has 2 aliphatic heterocycles. The number of piperidine rings is 2. The number of guanidine groups is 1. The van der Waals surface area contributed by atoms with E-state index in [0.717, 1.165) is 44.5 Å². The molecule has 6 nitrogen and oxygen atoms in total. The van der Waals surface area contributed by atoms with Gasteiger partial charge in [-0.2, -0.15) is 0 Å². The fourth-order valence-corrected chi connectivity index (χ4v) is 3.88. The van der Waals surface area contributed by atoms with E-state index in [-0.39, 0.29) is 24.0 Å². The Kier molecular flexibility index (Phi) is 10.9. The minimum absolute atomic E-state index is 0. The number of aromatic nitrogens is 1. The van der Waals surface area contributed by atoms with Crippen molar-refractivity contribution in [3.8, 4) is 0 Å². The summed E-state index contributed by atoms with van der Waals surface area (Å²) in [6.45, 7) is 10.5. The van der Waals surface area contributed by atoms with Crippen LogP contribution in [0.2, 0.25) is 0 Å². The highest BCUT2D eigenvalue weighted by molar-refractivity contribution is 14.0. The van der Waals surface area contributed by atoms with Crippen molar-refractivity contribution in [1.82, 2.24) is 20.5 Å². The van der Waals surface area contributed by atoms with Gasteiger partial charge in [-0.05, 0) is 69.8 Å². The summed E-state index contributed by atoms with van der Waals surface area (Å²) >= 11 is 0. The lowest BCUT2D eigenvalue weighted by Crippen LogP contribution is -2.42. The average Bonchev–Trinajstić information content (AvgIpc) is 2.74. The maximum atomic E-state index is 4.78. The van der Waals surface area contributed by atoms with Crippen LogP contribution in [0.15, 0.2) is 23.3 Å². The molecule has 28 heavy (non-hydrogen) atoms. The first-order valence-electron chi connectivity index (χ1n) is 10.8. The van der Waals surface area contributed by atoms with Crippen LogP contribution in [0.5, 0.6) is 0 Å². The van der Waals surface area contributed by atoms with Gasteiger partial charge in [-0.25, -0.2) is 9.98 Å². The van der Waals surface area contributed by atoms with Crippen molar-refractivity contribution in [1.29, 1.82) is 0 Å². The molecule has 0 bridgehead atoms. The number of aliphatic imine (C=N–C) groups is 1. The summed E-state index contributed by atoms with van der Waals surface area (Å²) in [7, 11) is 0. The van der Waals surface area contributed by atoms with E-state index in [4.69, 9.17) is 4.99 Å². The zero-order valence-corrected chi connectivity index (χ0v) is 19.7. The Morgan fingerprint density at radius 2 is 1.75 bits per heavy atom. The minimum Gasteiger partial charge on any atom is -0.357 e. The Morgan fingerprint density at radius 1 is 1.04 bits per heavy atom. The molecule has 0 amide bonds. The highest BCUT2D eigenvalue weighted by Crippen LogP contribution is 2.18. The summed E-state index contributed by atoms with van der Waals surface area (Å²) in [6.07, 6.45) is 9.89. The predicted molar refractivity (Wildman–Crippen MR) is 129 cm³/mol. The van der Waals surface area contributed by atoms with Gasteiger partial charge in [-0.1, -0.05) is 6.42 Å². The van der Waals surface area contributed by atoms with Gasteiger partial charge < -0.3 is 20.4 Å². The van der Waals surface area contributed by atoms with Crippen LogP contribution in [0.1, 0.15) is 51.0 Å². The smallest absolute Gasteiger partial charge is 0.191 e. The van der Waals surface area contributed by atoms with Crippen molar-refractivity contribution in [2.45, 2.75) is 52.0 Å². The van der Waals surface area contributed by atoms with E-state index in [1.807, 2.05) is 6.20 Å². The molecule has 0 spiro atoms. The first-order chi connectivity index (χ1) is 13.3. The number of rotatable bonds is 7. The van der Waals surface area contributed by atoms with Crippen molar-refractivity contribution < 1.29 is 0 Å². The maximum Gasteiger partial charge on any atom is 0.191 e. The molecule has 7 heteroatoms. The summed E-state index contributed by atoms with van der Waals surface area (Å²) in [4.78, 5) is 14.3. The number of halogens is 1. The van der Waals surface area contributed by atoms with Crippen LogP contribution in [0, 0.1) is 0 Å². The number of likely N-dealkylation sites (tertiary alicyclic amines) is 1. The van der Waals surface area contributed by atoms with Crippen LogP contribution >= 0.6 is 24.0 Å². The van der Waals surface area contributed by atoms with Crippen LogP contribution in [0.3, 0.4) is 0 Å². The lowest BCUT2D eigenvalue weighted by molar-refractivity contribution is 0.232. The van der Waals surface area contributed by atoms with Gasteiger partial charge in [-0.3, -0.25) is 0 Å². The van der Waals surface area contributed by atoms with E-state index in [0.29, 0.717) is 6.54 Å². The molecule has 0 atom stereocenters. The van der Waals surface area contributed by atoms with Crippen LogP contribution in [-0.2, 0) is 6.54 Å². The van der Waals surface area contributed by atoms with E-state index >= 15 is 0 Å². The van der Waals surface area contributed by atoms with Crippen molar-refractivity contribution >= 4 is 35.8 Å². The normalized spacial score (nSPS) is 18.5. The summed E-state index contributed by atoms with van der Waals surface area (Å²) in [5.41, 5.74) is 1.22. The van der Waals surface area contributed by atoms with Crippen LogP contribution < -0.4 is 15.5 Å². The van der Waals surface area contributed by atoms with E-state index in [1.165, 1.54) is 57.2 Å². The van der Waals surface area contributed by atoms with Gasteiger partial charge in [0.1, 0.15) is 5.82 Å². The molecule has 1 aromatic heterocycles. The second kappa shape index (κ2) is 13.2. The highest BCUT2D eigenvalue weighted by atomic mass is 127. The molecule has 3 rings (SSSR count). The molecular weight excluding hydrogens is 463 g/mol. The van der Waals surface area contributed by atoms with Gasteiger partial charge >= 0.3 is 0 Å². The summed E-state index contributed by atoms with van der Waals surface area (Å²) < 4.78 is 0. The summed E-state index contributed by atoms with van der Waals surface area (Å²) in [6, 6.07) is 4.28. The second-order valence-corrected chi connectivity index (χ2v) is 7.59. The topological polar surface area (TPSA) is 55.8 Å². The number of pyridine rings is 1. The molecule has 0 aliphatic carbocycles. The Bertz CT molecular complexity index is 582. The van der Waals surface area contributed by atoms with E-state index in [1.54, 1.807) is 0 Å². The second-order valence-electron chi connectivity index (χ2n) is 7.59. The van der Waals surface area contributed by atoms with Crippen LogP contribution in [-0.4, -0.2) is 61.7 Å². The van der Waals surface area contributed by atoms with Gasteiger partial charge in [0, 0.05) is 38.9 Å². The van der Waals surface area contributed by atoms with Gasteiger partial charge in [0.25, 0.3) is 0 Å². The van der Waals surface area contributed by atoms with Crippen molar-refractivity contribution in [3.05, 3.63) is 23.9 Å². The fraction of sp³-hybridized carbons (Fsp3) is 0.714. The molecule has 0 saturated carbocycles. The summed E-state index contributed by atoms with van der Waals surface area (Å²) in [5.74, 6) is 2.01. The summed E-state index contributed by atoms with van der Waals surface area (Å²) in [5, 5.41) is 6.85. The Labute approximate surface area is 187 Å². The number of nitrogens with one attached hydrogen (secondary N) is 2. The van der Waals surface area contributed by atoms with E-state index in [2.05, 4.69) is 44.5 Å². The lowest BCUT2D eigenvalue weighted by atomic mass is 10.1. The third-order valence-electron chi connectivity index (χ3n) is 5.42. The molecule has 3 heterocycles. The van der Waals surface area contributed by atoms with Crippen molar-refractivity contribution in [2.24, 2.45) is 4.99 Å². The first-order valence-corrected chi connectivity index (χ1v) is 10.8. The Balaban J connectivity index is 0.00000280. The molecule has 158 valence electrons. The zero-order chi connectivity index (χ0) is 18.7. The third kappa shape index (κ3) is 7.73. The molecule has 0 aromatic carbocycles. The molecule has 2 fully saturated rings. The molecule has 2 N–H and O–H groups in total. The zero-order valence-electron chi connectivity index (χ0n) is 17.3. The van der Waals surface area contributed by atoms with Crippen LogP contribution in [0.25, 0.3) is 0 Å². The predicted octanol–water partition coefficient (Wildman–Crippen LogP) is 3.23. The van der Waals surface area contributed by atoms with Gasteiger partial charge in [0.15, 0.2) is 5.96 Å². The molecule has 2 aliphatic rings. The lowest BCUT2D eigenvalue weighted by Gasteiger charge is -2.27. The largest absolute Gasteiger partial charge is 0.357 e. The molecule has 0 unspecified atom stereocenters. The average molecular weight is 500 g/mol.